The van der Waals surface area contributed by atoms with Gasteiger partial charge < -0.3 is 14.4 Å². The van der Waals surface area contributed by atoms with Crippen molar-refractivity contribution in [3.05, 3.63) is 42.5 Å². The Labute approximate surface area is 111 Å². The molecule has 19 heavy (non-hydrogen) atoms. The molecule has 1 aromatic rings. The normalized spacial score (nSPS) is 28.2. The Kier molecular flexibility index (Phi) is 3.07. The van der Waals surface area contributed by atoms with Crippen LogP contribution in [0.4, 0.5) is 4.79 Å². The highest BCUT2D eigenvalue weighted by molar-refractivity contribution is 5.73. The Morgan fingerprint density at radius 1 is 1.26 bits per heavy atom. The number of aldehydes is 1. The lowest BCUT2D eigenvalue weighted by Gasteiger charge is -2.43. The van der Waals surface area contributed by atoms with Gasteiger partial charge in [0.15, 0.2) is 0 Å². The zero-order valence-corrected chi connectivity index (χ0v) is 10.4. The zero-order chi connectivity index (χ0) is 13.2. The number of nitrogens with zero attached hydrogens (tertiary/aromatic N) is 1. The van der Waals surface area contributed by atoms with Crippen molar-refractivity contribution in [3.63, 3.8) is 0 Å². The van der Waals surface area contributed by atoms with E-state index in [-0.39, 0.29) is 24.0 Å². The topological polar surface area (TPSA) is 46.6 Å². The van der Waals surface area contributed by atoms with Crippen LogP contribution in [0.5, 0.6) is 5.75 Å². The number of para-hydroxylation sites is 1. The molecule has 4 nitrogen and oxygen atoms in total. The van der Waals surface area contributed by atoms with Gasteiger partial charge in [0, 0.05) is 12.5 Å². The number of carbonyl (C=O) groups is 2. The minimum Gasteiger partial charge on any atom is -0.410 e. The summed E-state index contributed by atoms with van der Waals surface area (Å²) in [6.45, 7) is 0.636. The molecule has 1 saturated heterocycles. The van der Waals surface area contributed by atoms with Gasteiger partial charge in [0.2, 0.25) is 0 Å². The molecular formula is C15H15NO3. The molecule has 4 rings (SSSR count). The van der Waals surface area contributed by atoms with Crippen molar-refractivity contribution in [2.24, 2.45) is 11.8 Å². The Morgan fingerprint density at radius 3 is 2.74 bits per heavy atom. The van der Waals surface area contributed by atoms with Crippen LogP contribution < -0.4 is 4.74 Å². The van der Waals surface area contributed by atoms with Gasteiger partial charge in [0.25, 0.3) is 0 Å². The second-order valence-corrected chi connectivity index (χ2v) is 5.00. The molecule has 1 aliphatic carbocycles. The smallest absolute Gasteiger partial charge is 0.410 e. The number of amides is 1. The second-order valence-electron chi connectivity index (χ2n) is 5.00. The van der Waals surface area contributed by atoms with Crippen LogP contribution in [0.1, 0.15) is 6.42 Å². The fourth-order valence-corrected chi connectivity index (χ4v) is 2.81. The molecule has 1 amide bonds. The molecule has 0 radical (unpaired) electrons. The summed E-state index contributed by atoms with van der Waals surface area (Å²) >= 11 is 0. The Balaban J connectivity index is 1.74. The number of benzene rings is 1. The first kappa shape index (κ1) is 12.0. The summed E-state index contributed by atoms with van der Waals surface area (Å²) in [4.78, 5) is 24.9. The largest absolute Gasteiger partial charge is 0.415 e. The van der Waals surface area contributed by atoms with Gasteiger partial charge in [0.05, 0.1) is 6.04 Å². The van der Waals surface area contributed by atoms with Gasteiger partial charge >= 0.3 is 6.09 Å². The Bertz CT molecular complexity index is 511. The van der Waals surface area contributed by atoms with Crippen molar-refractivity contribution in [1.29, 1.82) is 0 Å². The molecule has 0 aromatic heterocycles. The van der Waals surface area contributed by atoms with E-state index in [1.165, 1.54) is 0 Å². The number of hydrogen-bond donors (Lipinski definition) is 0. The van der Waals surface area contributed by atoms with Gasteiger partial charge in [-0.25, -0.2) is 4.79 Å². The van der Waals surface area contributed by atoms with Crippen LogP contribution in [0.25, 0.3) is 0 Å². The van der Waals surface area contributed by atoms with Gasteiger partial charge in [0.1, 0.15) is 12.0 Å². The molecule has 3 atom stereocenters. The lowest BCUT2D eigenvalue weighted by Crippen LogP contribution is -2.54. The third-order valence-corrected chi connectivity index (χ3v) is 3.74. The van der Waals surface area contributed by atoms with E-state index in [0.29, 0.717) is 12.3 Å². The number of rotatable bonds is 2. The first-order chi connectivity index (χ1) is 9.28. The number of hydrogen-bond acceptors (Lipinski definition) is 3. The number of fused-ring (bicyclic) bond motifs is 2. The highest BCUT2D eigenvalue weighted by Crippen LogP contribution is 2.33. The number of ether oxygens (including phenoxy) is 1. The van der Waals surface area contributed by atoms with Crippen molar-refractivity contribution in [2.75, 3.05) is 6.54 Å². The van der Waals surface area contributed by atoms with E-state index in [1.807, 2.05) is 24.3 Å². The summed E-state index contributed by atoms with van der Waals surface area (Å²) in [6.07, 6.45) is 5.44. The third kappa shape index (κ3) is 2.26. The lowest BCUT2D eigenvalue weighted by atomic mass is 9.78. The fourth-order valence-electron chi connectivity index (χ4n) is 2.81. The van der Waals surface area contributed by atoms with Crippen LogP contribution in [0.2, 0.25) is 0 Å². The predicted octanol–water partition coefficient (Wildman–Crippen LogP) is 2.26. The molecule has 0 saturated carbocycles. The van der Waals surface area contributed by atoms with Gasteiger partial charge in [-0.15, -0.1) is 0 Å². The van der Waals surface area contributed by atoms with E-state index < -0.39 is 0 Å². The van der Waals surface area contributed by atoms with E-state index in [1.54, 1.807) is 17.0 Å². The number of piperidine rings is 1. The molecule has 0 unspecified atom stereocenters. The summed E-state index contributed by atoms with van der Waals surface area (Å²) in [5.41, 5.74) is 0. The quantitative estimate of drug-likeness (QED) is 0.603. The molecule has 2 heterocycles. The molecule has 0 spiro atoms. The fraction of sp³-hybridized carbons (Fsp3) is 0.333. The van der Waals surface area contributed by atoms with Crippen LogP contribution in [-0.2, 0) is 4.79 Å². The first-order valence-corrected chi connectivity index (χ1v) is 6.45. The molecule has 2 aliphatic heterocycles. The van der Waals surface area contributed by atoms with Gasteiger partial charge in [-0.3, -0.25) is 0 Å². The van der Waals surface area contributed by atoms with Crippen LogP contribution in [0, 0.1) is 11.8 Å². The van der Waals surface area contributed by atoms with Gasteiger partial charge in [-0.2, -0.15) is 0 Å². The highest BCUT2D eigenvalue weighted by Gasteiger charge is 2.40. The summed E-state index contributed by atoms with van der Waals surface area (Å²) < 4.78 is 5.34. The van der Waals surface area contributed by atoms with E-state index in [2.05, 4.69) is 6.08 Å². The summed E-state index contributed by atoms with van der Waals surface area (Å²) in [5.74, 6) is 0.691. The van der Waals surface area contributed by atoms with Crippen LogP contribution >= 0.6 is 0 Å². The number of carbonyl (C=O) groups excluding carboxylic acids is 2. The average Bonchev–Trinajstić information content (AvgIpc) is 2.48. The Hall–Kier alpha value is -2.10. The maximum Gasteiger partial charge on any atom is 0.415 e. The monoisotopic (exact) mass is 257 g/mol. The molecule has 1 fully saturated rings. The minimum absolute atomic E-state index is 0.105. The predicted molar refractivity (Wildman–Crippen MR) is 69.8 cm³/mol. The van der Waals surface area contributed by atoms with E-state index in [4.69, 9.17) is 4.74 Å². The maximum absolute atomic E-state index is 12.2. The van der Waals surface area contributed by atoms with Crippen molar-refractivity contribution >= 4 is 12.4 Å². The second kappa shape index (κ2) is 4.88. The van der Waals surface area contributed by atoms with Crippen molar-refractivity contribution < 1.29 is 14.3 Å². The third-order valence-electron chi connectivity index (χ3n) is 3.74. The minimum atomic E-state index is -0.378. The van der Waals surface area contributed by atoms with E-state index >= 15 is 0 Å². The van der Waals surface area contributed by atoms with Crippen molar-refractivity contribution in [3.8, 4) is 5.75 Å². The molecular weight excluding hydrogens is 242 g/mol. The zero-order valence-electron chi connectivity index (χ0n) is 10.4. The Morgan fingerprint density at radius 2 is 2.05 bits per heavy atom. The molecule has 4 heteroatoms. The molecule has 2 bridgehead atoms. The summed E-state index contributed by atoms with van der Waals surface area (Å²) in [7, 11) is 0. The first-order valence-electron chi connectivity index (χ1n) is 6.45. The van der Waals surface area contributed by atoms with Gasteiger partial charge in [-0.05, 0) is 24.5 Å². The van der Waals surface area contributed by atoms with Crippen molar-refractivity contribution in [1.82, 2.24) is 4.90 Å². The standard InChI is InChI=1S/C15H15NO3/c17-10-12-8-11-6-7-14(12)16(9-11)15(18)19-13-4-2-1-3-5-13/h1-7,10-12,14H,8-9H2/t11-,12-,14+/m1/s1. The van der Waals surface area contributed by atoms with E-state index in [9.17, 15) is 9.59 Å². The highest BCUT2D eigenvalue weighted by atomic mass is 16.6. The SMILES string of the molecule is O=C[C@H]1C[C@H]2C=C[C@@H]1N(C(=O)Oc1ccccc1)C2. The lowest BCUT2D eigenvalue weighted by molar-refractivity contribution is -0.114. The van der Waals surface area contributed by atoms with Crippen LogP contribution in [0.15, 0.2) is 42.5 Å². The average molecular weight is 257 g/mol. The summed E-state index contributed by atoms with van der Waals surface area (Å²) in [5, 5.41) is 0. The van der Waals surface area contributed by atoms with Crippen LogP contribution in [0.3, 0.4) is 0 Å². The summed E-state index contributed by atoms with van der Waals surface area (Å²) in [6, 6.07) is 8.84. The van der Waals surface area contributed by atoms with E-state index in [0.717, 1.165) is 12.7 Å². The molecule has 0 N–H and O–H groups in total. The van der Waals surface area contributed by atoms with Crippen LogP contribution in [-0.4, -0.2) is 29.9 Å². The molecule has 1 aromatic carbocycles. The maximum atomic E-state index is 12.2. The molecule has 98 valence electrons. The van der Waals surface area contributed by atoms with Gasteiger partial charge in [-0.1, -0.05) is 30.4 Å². The van der Waals surface area contributed by atoms with Crippen molar-refractivity contribution in [2.45, 2.75) is 12.5 Å². The molecule has 3 aliphatic rings.